The molecule has 0 radical (unpaired) electrons. The van der Waals surface area contributed by atoms with Crippen LogP contribution >= 0.6 is 11.8 Å². The van der Waals surface area contributed by atoms with Crippen molar-refractivity contribution < 1.29 is 9.18 Å². The lowest BCUT2D eigenvalue weighted by Crippen LogP contribution is -2.36. The maximum Gasteiger partial charge on any atom is 0.274 e. The molecule has 142 valence electrons. The van der Waals surface area contributed by atoms with Crippen molar-refractivity contribution in [2.75, 3.05) is 11.1 Å². The fourth-order valence-electron chi connectivity index (χ4n) is 3.99. The summed E-state index contributed by atoms with van der Waals surface area (Å²) in [5.41, 5.74) is 7.06. The second kappa shape index (κ2) is 7.24. The van der Waals surface area contributed by atoms with Crippen molar-refractivity contribution in [1.82, 2.24) is 4.98 Å². The average molecular weight is 395 g/mol. The number of carbonyl (C=O) groups is 1. The van der Waals surface area contributed by atoms with Gasteiger partial charge < -0.3 is 11.1 Å². The van der Waals surface area contributed by atoms with Gasteiger partial charge in [-0.2, -0.15) is 5.26 Å². The summed E-state index contributed by atoms with van der Waals surface area (Å²) in [6, 6.07) is 9.46. The van der Waals surface area contributed by atoms with E-state index in [1.165, 1.54) is 30.5 Å². The number of nitrogens with two attached hydrogens (primary N) is 1. The molecule has 1 amide bonds. The number of hydrogen-bond acceptors (Lipinski definition) is 6. The van der Waals surface area contributed by atoms with Crippen molar-refractivity contribution in [2.24, 2.45) is 16.6 Å². The third kappa shape index (κ3) is 3.34. The third-order valence-corrected chi connectivity index (χ3v) is 6.26. The van der Waals surface area contributed by atoms with E-state index in [9.17, 15) is 9.18 Å². The van der Waals surface area contributed by atoms with Crippen LogP contribution in [-0.4, -0.2) is 21.8 Å². The molecule has 2 aliphatic rings. The van der Waals surface area contributed by atoms with Gasteiger partial charge in [0.15, 0.2) is 5.17 Å². The molecule has 3 N–H and O–H groups in total. The van der Waals surface area contributed by atoms with Gasteiger partial charge in [0.2, 0.25) is 0 Å². The number of amidine groups is 1. The lowest BCUT2D eigenvalue weighted by molar-refractivity contribution is 0.102. The highest BCUT2D eigenvalue weighted by Crippen LogP contribution is 2.51. The molecule has 0 bridgehead atoms. The highest BCUT2D eigenvalue weighted by molar-refractivity contribution is 8.13. The monoisotopic (exact) mass is 395 g/mol. The van der Waals surface area contributed by atoms with Gasteiger partial charge in [0.05, 0.1) is 11.1 Å². The molecule has 4 rings (SSSR count). The van der Waals surface area contributed by atoms with E-state index >= 15 is 0 Å². The second-order valence-electron chi connectivity index (χ2n) is 7.00. The summed E-state index contributed by atoms with van der Waals surface area (Å²) in [7, 11) is 0. The maximum atomic E-state index is 14.4. The molecule has 1 aromatic carbocycles. The van der Waals surface area contributed by atoms with E-state index < -0.39 is 17.3 Å². The molecule has 2 heterocycles. The number of nitrogens with zero attached hydrogens (tertiary/aromatic N) is 3. The number of hydrogen-bond donors (Lipinski definition) is 2. The molecule has 1 saturated carbocycles. The van der Waals surface area contributed by atoms with Crippen LogP contribution in [-0.2, 0) is 5.54 Å². The Balaban J connectivity index is 1.65. The molecule has 1 aliphatic heterocycles. The number of aromatic nitrogens is 1. The topological polar surface area (TPSA) is 104 Å². The number of anilines is 1. The molecular formula is C20H18FN5OS. The zero-order chi connectivity index (χ0) is 19.7. The van der Waals surface area contributed by atoms with Crippen LogP contribution in [0.4, 0.5) is 10.1 Å². The Morgan fingerprint density at radius 2 is 2.25 bits per heavy atom. The summed E-state index contributed by atoms with van der Waals surface area (Å²) in [5, 5.41) is 12.0. The number of thioether (sulfide) groups is 1. The number of pyridine rings is 1. The van der Waals surface area contributed by atoms with E-state index in [0.717, 1.165) is 30.6 Å². The number of carbonyl (C=O) groups excluding carboxylic acids is 1. The fraction of sp³-hybridized carbons (Fsp3) is 0.300. The zero-order valence-electron chi connectivity index (χ0n) is 15.0. The van der Waals surface area contributed by atoms with Crippen LogP contribution in [0.1, 0.15) is 40.9 Å². The maximum absolute atomic E-state index is 14.4. The van der Waals surface area contributed by atoms with E-state index in [-0.39, 0.29) is 5.69 Å². The zero-order valence-corrected chi connectivity index (χ0v) is 15.8. The molecule has 1 fully saturated rings. The van der Waals surface area contributed by atoms with Crippen molar-refractivity contribution in [3.8, 4) is 6.07 Å². The Morgan fingerprint density at radius 1 is 1.39 bits per heavy atom. The van der Waals surface area contributed by atoms with Crippen LogP contribution in [0.3, 0.4) is 0 Å². The first-order chi connectivity index (χ1) is 13.5. The summed E-state index contributed by atoms with van der Waals surface area (Å²) in [6.07, 6.45) is 4.17. The lowest BCUT2D eigenvalue weighted by Gasteiger charge is -2.36. The minimum Gasteiger partial charge on any atom is -0.379 e. The van der Waals surface area contributed by atoms with Gasteiger partial charge >= 0.3 is 0 Å². The van der Waals surface area contributed by atoms with Crippen LogP contribution in [0.5, 0.6) is 0 Å². The minimum absolute atomic E-state index is 0.151. The largest absolute Gasteiger partial charge is 0.379 e. The van der Waals surface area contributed by atoms with Gasteiger partial charge in [-0.15, -0.1) is 0 Å². The van der Waals surface area contributed by atoms with E-state index in [1.807, 2.05) is 6.07 Å². The number of rotatable bonds is 3. The molecule has 2 aromatic rings. The van der Waals surface area contributed by atoms with E-state index in [4.69, 9.17) is 16.0 Å². The van der Waals surface area contributed by atoms with Crippen LogP contribution in [0.2, 0.25) is 0 Å². The first kappa shape index (κ1) is 18.4. The standard InChI is InChI=1S/C20H18FN5OS/c21-15-6-14(20-5-1-2-13(20)11-28-19(23)26-20)7-16(8-15)25-18(27)17-4-3-12(9-22)10-24-17/h3-4,6-8,10,13H,1-2,5,11H2,(H2,23,26)(H,25,27)/t13-,20-/m0/s1. The molecule has 1 aromatic heterocycles. The fourth-order valence-corrected chi connectivity index (χ4v) is 5.03. The van der Waals surface area contributed by atoms with E-state index in [0.29, 0.717) is 22.3 Å². The smallest absolute Gasteiger partial charge is 0.274 e. The summed E-state index contributed by atoms with van der Waals surface area (Å²) in [4.78, 5) is 21.2. The Hall–Kier alpha value is -2.92. The summed E-state index contributed by atoms with van der Waals surface area (Å²) in [5.74, 6) is 0.259. The first-order valence-electron chi connectivity index (χ1n) is 8.97. The van der Waals surface area contributed by atoms with Crippen molar-refractivity contribution in [1.29, 1.82) is 5.26 Å². The number of benzene rings is 1. The van der Waals surface area contributed by atoms with Crippen LogP contribution in [0.25, 0.3) is 0 Å². The van der Waals surface area contributed by atoms with Crippen LogP contribution < -0.4 is 11.1 Å². The average Bonchev–Trinajstić information content (AvgIpc) is 3.12. The van der Waals surface area contributed by atoms with Gasteiger partial charge in [-0.25, -0.2) is 9.37 Å². The Labute approximate surface area is 166 Å². The van der Waals surface area contributed by atoms with Crippen molar-refractivity contribution in [3.05, 3.63) is 59.2 Å². The van der Waals surface area contributed by atoms with Crippen molar-refractivity contribution >= 4 is 28.5 Å². The molecule has 1 aliphatic carbocycles. The van der Waals surface area contributed by atoms with Gasteiger partial charge in [-0.1, -0.05) is 18.2 Å². The third-order valence-electron chi connectivity index (χ3n) is 5.31. The second-order valence-corrected chi connectivity index (χ2v) is 8.04. The predicted molar refractivity (Wildman–Crippen MR) is 106 cm³/mol. The van der Waals surface area contributed by atoms with Gasteiger partial charge in [0, 0.05) is 17.6 Å². The summed E-state index contributed by atoms with van der Waals surface area (Å²) in [6.45, 7) is 0. The summed E-state index contributed by atoms with van der Waals surface area (Å²) >= 11 is 1.54. The SMILES string of the molecule is N#Cc1ccc(C(=O)Nc2cc(F)cc([C@]34CCC[C@H]3CSC(N)=N4)c2)nc1. The van der Waals surface area contributed by atoms with E-state index in [2.05, 4.69) is 10.3 Å². The Kier molecular flexibility index (Phi) is 4.77. The highest BCUT2D eigenvalue weighted by atomic mass is 32.2. The van der Waals surface area contributed by atoms with Gasteiger partial charge in [-0.05, 0) is 54.7 Å². The molecule has 0 spiro atoms. The van der Waals surface area contributed by atoms with Crippen LogP contribution in [0.15, 0.2) is 41.5 Å². The van der Waals surface area contributed by atoms with Gasteiger partial charge in [-0.3, -0.25) is 9.79 Å². The Bertz CT molecular complexity index is 1000. The Morgan fingerprint density at radius 3 is 3.00 bits per heavy atom. The van der Waals surface area contributed by atoms with Gasteiger partial charge in [0.25, 0.3) is 5.91 Å². The number of amides is 1. The molecule has 0 saturated heterocycles. The van der Waals surface area contributed by atoms with Crippen molar-refractivity contribution in [2.45, 2.75) is 24.8 Å². The number of fused-ring (bicyclic) bond motifs is 1. The summed E-state index contributed by atoms with van der Waals surface area (Å²) < 4.78 is 14.4. The molecule has 2 atom stereocenters. The number of nitriles is 1. The lowest BCUT2D eigenvalue weighted by atomic mass is 9.81. The predicted octanol–water partition coefficient (Wildman–Crippen LogP) is 3.40. The van der Waals surface area contributed by atoms with Crippen molar-refractivity contribution in [3.63, 3.8) is 0 Å². The number of halogens is 1. The molecular weight excluding hydrogens is 377 g/mol. The van der Waals surface area contributed by atoms with Gasteiger partial charge in [0.1, 0.15) is 17.6 Å². The highest BCUT2D eigenvalue weighted by Gasteiger charge is 2.46. The molecule has 28 heavy (non-hydrogen) atoms. The van der Waals surface area contributed by atoms with Crippen LogP contribution in [0, 0.1) is 23.1 Å². The normalized spacial score (nSPS) is 23.4. The van der Waals surface area contributed by atoms with E-state index in [1.54, 1.807) is 17.8 Å². The minimum atomic E-state index is -0.524. The quantitative estimate of drug-likeness (QED) is 0.829. The molecule has 6 nitrogen and oxygen atoms in total. The molecule has 0 unspecified atom stereocenters. The number of aliphatic imine (C=N–C) groups is 1. The first-order valence-corrected chi connectivity index (χ1v) is 9.95. The number of nitrogens with one attached hydrogen (secondary N) is 1. The molecule has 8 heteroatoms.